The zero-order chi connectivity index (χ0) is 34.3. The van der Waals surface area contributed by atoms with E-state index in [1.165, 1.54) is 44.9 Å². The van der Waals surface area contributed by atoms with Gasteiger partial charge in [-0.15, -0.1) is 0 Å². The monoisotopic (exact) mass is 652 g/mol. The fourth-order valence-electron chi connectivity index (χ4n) is 5.22. The average molecular weight is 652 g/mol. The summed E-state index contributed by atoms with van der Waals surface area (Å²) in [6.07, 6.45) is 29.2. The van der Waals surface area contributed by atoms with E-state index in [-0.39, 0.29) is 42.7 Å². The fourth-order valence-corrected chi connectivity index (χ4v) is 5.22. The molecule has 0 bridgehead atoms. The predicted octanol–water partition coefficient (Wildman–Crippen LogP) is 7.63. The van der Waals surface area contributed by atoms with Gasteiger partial charge in [-0.25, -0.2) is 0 Å². The number of hydrogen-bond donors (Lipinski definition) is 0. The number of aliphatic carboxylic acids is 1. The second kappa shape index (κ2) is 30.2. The standard InChI is InChI=1S/C38H69NO7/c1-6-8-10-12-14-16-18-19-21-23-25-27-29-37(41)46-34(32-44-31-30-35(38(42)43)39(3,4)5)33-45-36(40)28-26-24-22-20-17-15-13-11-9-7-2/h8,10,14,16,34-35H,6-7,9,11-13,15,17-33H2,1-5H3/b10-8+,16-14+. The molecule has 0 aliphatic heterocycles. The summed E-state index contributed by atoms with van der Waals surface area (Å²) in [5, 5.41) is 11.5. The molecule has 0 aromatic rings. The van der Waals surface area contributed by atoms with Crippen molar-refractivity contribution in [3.05, 3.63) is 24.3 Å². The lowest BCUT2D eigenvalue weighted by Gasteiger charge is -2.34. The highest BCUT2D eigenvalue weighted by atomic mass is 16.6. The van der Waals surface area contributed by atoms with Gasteiger partial charge in [-0.1, -0.05) is 115 Å². The highest BCUT2D eigenvalue weighted by Gasteiger charge is 2.25. The molecule has 0 aliphatic rings. The number of quaternary nitrogens is 1. The lowest BCUT2D eigenvalue weighted by molar-refractivity contribution is -0.889. The van der Waals surface area contributed by atoms with Crippen LogP contribution >= 0.6 is 0 Å². The van der Waals surface area contributed by atoms with E-state index in [4.69, 9.17) is 14.2 Å². The number of carbonyl (C=O) groups is 3. The first-order valence-corrected chi connectivity index (χ1v) is 18.4. The van der Waals surface area contributed by atoms with Crippen molar-refractivity contribution in [2.45, 2.75) is 161 Å². The van der Waals surface area contributed by atoms with Gasteiger partial charge in [-0.05, 0) is 38.5 Å². The zero-order valence-corrected chi connectivity index (χ0v) is 30.2. The average Bonchev–Trinajstić information content (AvgIpc) is 3.00. The summed E-state index contributed by atoms with van der Waals surface area (Å²) >= 11 is 0. The highest BCUT2D eigenvalue weighted by molar-refractivity contribution is 5.70. The molecule has 0 fully saturated rings. The first-order valence-electron chi connectivity index (χ1n) is 18.4. The molecule has 46 heavy (non-hydrogen) atoms. The summed E-state index contributed by atoms with van der Waals surface area (Å²) in [6.45, 7) is 4.50. The Kier molecular flexibility index (Phi) is 28.7. The van der Waals surface area contributed by atoms with Gasteiger partial charge in [-0.3, -0.25) is 9.59 Å². The summed E-state index contributed by atoms with van der Waals surface area (Å²) in [5.74, 6) is -1.76. The number of carbonyl (C=O) groups excluding carboxylic acids is 3. The Hall–Kier alpha value is -2.19. The van der Waals surface area contributed by atoms with Gasteiger partial charge in [0.2, 0.25) is 0 Å². The molecule has 0 N–H and O–H groups in total. The third-order valence-electron chi connectivity index (χ3n) is 8.10. The topological polar surface area (TPSA) is 102 Å². The molecule has 0 amide bonds. The number of hydrogen-bond acceptors (Lipinski definition) is 7. The first-order chi connectivity index (χ1) is 22.1. The van der Waals surface area contributed by atoms with E-state index in [0.717, 1.165) is 70.6 Å². The Labute approximate surface area is 281 Å². The molecule has 0 saturated heterocycles. The lowest BCUT2D eigenvalue weighted by Crippen LogP contribution is -2.55. The van der Waals surface area contributed by atoms with Gasteiger partial charge in [0.15, 0.2) is 6.10 Å². The van der Waals surface area contributed by atoms with Crippen molar-refractivity contribution in [2.24, 2.45) is 0 Å². The third kappa shape index (κ3) is 28.1. The Bertz CT molecular complexity index is 818. The molecular weight excluding hydrogens is 582 g/mol. The van der Waals surface area contributed by atoms with Crippen LogP contribution in [-0.2, 0) is 28.6 Å². The van der Waals surface area contributed by atoms with Gasteiger partial charge in [0, 0.05) is 19.3 Å². The van der Waals surface area contributed by atoms with Crippen LogP contribution in [0, 0.1) is 0 Å². The molecule has 0 rings (SSSR count). The summed E-state index contributed by atoms with van der Waals surface area (Å²) in [6, 6.07) is -0.723. The van der Waals surface area contributed by atoms with Crippen molar-refractivity contribution < 1.29 is 38.2 Å². The van der Waals surface area contributed by atoms with Crippen molar-refractivity contribution in [3.8, 4) is 0 Å². The van der Waals surface area contributed by atoms with Crippen molar-refractivity contribution in [1.29, 1.82) is 0 Å². The SMILES string of the molecule is CC/C=C/C/C=C/CCCCCCCC(=O)OC(COCCC(C(=O)[O-])[N+](C)(C)C)COC(=O)CCCCCCCCCCCC. The summed E-state index contributed by atoms with van der Waals surface area (Å²) in [5.41, 5.74) is 0. The Morgan fingerprint density at radius 3 is 1.78 bits per heavy atom. The van der Waals surface area contributed by atoms with Crippen molar-refractivity contribution >= 4 is 17.9 Å². The van der Waals surface area contributed by atoms with Crippen LogP contribution in [-0.4, -0.2) is 75.5 Å². The van der Waals surface area contributed by atoms with Crippen LogP contribution in [0.3, 0.4) is 0 Å². The molecule has 0 spiro atoms. The molecule has 0 heterocycles. The van der Waals surface area contributed by atoms with Crippen molar-refractivity contribution in [3.63, 3.8) is 0 Å². The van der Waals surface area contributed by atoms with Gasteiger partial charge < -0.3 is 28.6 Å². The molecule has 8 heteroatoms. The number of likely N-dealkylation sites (N-methyl/N-ethyl adjacent to an activating group) is 1. The second-order valence-electron chi connectivity index (χ2n) is 13.4. The van der Waals surface area contributed by atoms with Gasteiger partial charge in [0.25, 0.3) is 0 Å². The van der Waals surface area contributed by atoms with E-state index < -0.39 is 18.1 Å². The Morgan fingerprint density at radius 2 is 1.22 bits per heavy atom. The molecular formula is C38H69NO7. The normalized spacial score (nSPS) is 13.3. The van der Waals surface area contributed by atoms with Crippen LogP contribution in [0.4, 0.5) is 0 Å². The van der Waals surface area contributed by atoms with Crippen molar-refractivity contribution in [1.82, 2.24) is 0 Å². The zero-order valence-electron chi connectivity index (χ0n) is 30.2. The molecule has 0 aliphatic carbocycles. The minimum absolute atomic E-state index is 0.0376. The third-order valence-corrected chi connectivity index (χ3v) is 8.10. The van der Waals surface area contributed by atoms with Gasteiger partial charge in [0.05, 0.1) is 40.3 Å². The van der Waals surface area contributed by atoms with Gasteiger partial charge in [0.1, 0.15) is 12.6 Å². The number of carboxylic acids is 1. The second-order valence-corrected chi connectivity index (χ2v) is 13.4. The Morgan fingerprint density at radius 1 is 0.674 bits per heavy atom. The summed E-state index contributed by atoms with van der Waals surface area (Å²) < 4.78 is 17.0. The number of ether oxygens (including phenoxy) is 3. The minimum atomic E-state index is -1.13. The van der Waals surface area contributed by atoms with Crippen LogP contribution in [0.5, 0.6) is 0 Å². The number of rotatable bonds is 32. The number of nitrogens with zero attached hydrogens (tertiary/aromatic N) is 1. The minimum Gasteiger partial charge on any atom is -0.544 e. The van der Waals surface area contributed by atoms with E-state index >= 15 is 0 Å². The maximum absolute atomic E-state index is 12.6. The smallest absolute Gasteiger partial charge is 0.306 e. The summed E-state index contributed by atoms with van der Waals surface area (Å²) in [7, 11) is 5.39. The van der Waals surface area contributed by atoms with E-state index in [0.29, 0.717) is 12.8 Å². The van der Waals surface area contributed by atoms with Crippen LogP contribution in [0.1, 0.15) is 149 Å². The highest BCUT2D eigenvalue weighted by Crippen LogP contribution is 2.13. The maximum Gasteiger partial charge on any atom is 0.306 e. The molecule has 2 unspecified atom stereocenters. The molecule has 268 valence electrons. The molecule has 8 nitrogen and oxygen atoms in total. The van der Waals surface area contributed by atoms with E-state index in [1.807, 2.05) is 0 Å². The van der Waals surface area contributed by atoms with E-state index in [2.05, 4.69) is 38.2 Å². The fraction of sp³-hybridized carbons (Fsp3) is 0.816. The number of unbranched alkanes of at least 4 members (excludes halogenated alkanes) is 14. The number of carboxylic acid groups (broad SMARTS) is 1. The summed E-state index contributed by atoms with van der Waals surface area (Å²) in [4.78, 5) is 36.5. The Balaban J connectivity index is 4.47. The van der Waals surface area contributed by atoms with Crippen LogP contribution < -0.4 is 5.11 Å². The van der Waals surface area contributed by atoms with Crippen molar-refractivity contribution in [2.75, 3.05) is 41.0 Å². The largest absolute Gasteiger partial charge is 0.544 e. The maximum atomic E-state index is 12.6. The quantitative estimate of drug-likeness (QED) is 0.0319. The molecule has 0 aromatic heterocycles. The molecule has 0 radical (unpaired) electrons. The number of allylic oxidation sites excluding steroid dienone is 4. The van der Waals surface area contributed by atoms with Crippen LogP contribution in [0.2, 0.25) is 0 Å². The van der Waals surface area contributed by atoms with Crippen LogP contribution in [0.15, 0.2) is 24.3 Å². The molecule has 2 atom stereocenters. The van der Waals surface area contributed by atoms with Crippen LogP contribution in [0.25, 0.3) is 0 Å². The number of esters is 2. The van der Waals surface area contributed by atoms with Gasteiger partial charge in [-0.2, -0.15) is 0 Å². The molecule has 0 aromatic carbocycles. The lowest BCUT2D eigenvalue weighted by atomic mass is 10.1. The van der Waals surface area contributed by atoms with E-state index in [1.54, 1.807) is 21.1 Å². The predicted molar refractivity (Wildman–Crippen MR) is 185 cm³/mol. The first kappa shape index (κ1) is 43.8. The molecule has 0 saturated carbocycles. The van der Waals surface area contributed by atoms with E-state index in [9.17, 15) is 19.5 Å². The van der Waals surface area contributed by atoms with Gasteiger partial charge >= 0.3 is 11.9 Å².